The van der Waals surface area contributed by atoms with Gasteiger partial charge in [-0.2, -0.15) is 26.3 Å². The van der Waals surface area contributed by atoms with Crippen molar-refractivity contribution in [3.63, 3.8) is 0 Å². The lowest BCUT2D eigenvalue weighted by Crippen LogP contribution is -2.49. The van der Waals surface area contributed by atoms with Gasteiger partial charge in [-0.25, -0.2) is 4.39 Å². The molecule has 1 aromatic carbocycles. The normalized spacial score (nSPS) is 17.4. The summed E-state index contributed by atoms with van der Waals surface area (Å²) in [7, 11) is 0. The molecule has 1 aromatic rings. The van der Waals surface area contributed by atoms with E-state index in [4.69, 9.17) is 11.6 Å². The van der Waals surface area contributed by atoms with Crippen molar-refractivity contribution in [1.82, 2.24) is 10.2 Å². The van der Waals surface area contributed by atoms with Gasteiger partial charge in [-0.05, 0) is 12.1 Å². The van der Waals surface area contributed by atoms with Crippen LogP contribution < -0.4 is 5.32 Å². The summed E-state index contributed by atoms with van der Waals surface area (Å²) in [5.41, 5.74) is -2.53. The number of hydrogen-bond acceptors (Lipinski definition) is 2. The van der Waals surface area contributed by atoms with Crippen molar-refractivity contribution in [2.45, 2.75) is 18.4 Å². The molecule has 0 spiro atoms. The molecule has 12 heteroatoms. The van der Waals surface area contributed by atoms with Gasteiger partial charge < -0.3 is 5.32 Å². The highest BCUT2D eigenvalue weighted by atomic mass is 35.5. The monoisotopic (exact) mass is 436 g/mol. The zero-order valence-corrected chi connectivity index (χ0v) is 14.7. The van der Waals surface area contributed by atoms with Crippen LogP contribution in [0.5, 0.6) is 0 Å². The van der Waals surface area contributed by atoms with Crippen LogP contribution in [0.4, 0.5) is 30.7 Å². The Morgan fingerprint density at radius 1 is 1.00 bits per heavy atom. The van der Waals surface area contributed by atoms with E-state index in [2.05, 4.69) is 5.32 Å². The molecular weight excluding hydrogens is 424 g/mol. The second-order valence-corrected chi connectivity index (χ2v) is 5.50. The first-order valence-electron chi connectivity index (χ1n) is 6.59. The average molecular weight is 438 g/mol. The Labute approximate surface area is 156 Å². The molecule has 0 saturated carbocycles. The smallest absolute Gasteiger partial charge is 0.314 e. The Morgan fingerprint density at radius 3 is 1.96 bits per heavy atom. The van der Waals surface area contributed by atoms with E-state index in [9.17, 15) is 30.7 Å². The average Bonchev–Trinajstić information content (AvgIpc) is 2.42. The minimum Gasteiger partial charge on any atom is -0.314 e. The molecule has 0 radical (unpaired) electrons. The minimum atomic E-state index is -4.94. The van der Waals surface area contributed by atoms with Crippen LogP contribution in [-0.4, -0.2) is 37.3 Å². The summed E-state index contributed by atoms with van der Waals surface area (Å²) in [5, 5.41) is 1.84. The fourth-order valence-corrected chi connectivity index (χ4v) is 2.72. The molecule has 0 bridgehead atoms. The summed E-state index contributed by atoms with van der Waals surface area (Å²) in [6.07, 6.45) is -9.86. The molecule has 0 amide bonds. The number of rotatable bonds is 2. The fourth-order valence-electron chi connectivity index (χ4n) is 2.49. The van der Waals surface area contributed by atoms with E-state index in [0.29, 0.717) is 0 Å². The maximum Gasteiger partial charge on any atom is 0.416 e. The summed E-state index contributed by atoms with van der Waals surface area (Å²) < 4.78 is 92.6. The van der Waals surface area contributed by atoms with E-state index in [1.807, 2.05) is 0 Å². The van der Waals surface area contributed by atoms with Crippen molar-refractivity contribution in [3.05, 3.63) is 34.1 Å². The molecule has 1 fully saturated rings. The van der Waals surface area contributed by atoms with E-state index in [-0.39, 0.29) is 63.1 Å². The summed E-state index contributed by atoms with van der Waals surface area (Å²) in [5.74, 6) is -1.49. The van der Waals surface area contributed by atoms with Crippen LogP contribution in [0.25, 0.3) is 0 Å². The second kappa shape index (κ2) is 8.94. The molecule has 2 rings (SSSR count). The quantitative estimate of drug-likeness (QED) is 0.666. The van der Waals surface area contributed by atoms with Gasteiger partial charge in [-0.15, -0.1) is 24.8 Å². The first-order chi connectivity index (χ1) is 10.5. The van der Waals surface area contributed by atoms with Crippen molar-refractivity contribution in [2.24, 2.45) is 0 Å². The Bertz CT molecular complexity index is 572. The van der Waals surface area contributed by atoms with Gasteiger partial charge in [0.2, 0.25) is 0 Å². The Hall–Kier alpha value is -0.480. The van der Waals surface area contributed by atoms with Gasteiger partial charge >= 0.3 is 12.4 Å². The van der Waals surface area contributed by atoms with E-state index < -0.39 is 40.4 Å². The summed E-state index contributed by atoms with van der Waals surface area (Å²) in [6.45, 7) is 0.302. The Balaban J connectivity index is 0.00000288. The molecule has 0 unspecified atom stereocenters. The fraction of sp³-hybridized carbons (Fsp3) is 0.538. The third-order valence-electron chi connectivity index (χ3n) is 3.51. The third-order valence-corrected chi connectivity index (χ3v) is 3.78. The molecule has 0 aromatic heterocycles. The zero-order chi connectivity index (χ0) is 17.4. The summed E-state index contributed by atoms with van der Waals surface area (Å²) >= 11 is 5.38. The van der Waals surface area contributed by atoms with E-state index >= 15 is 0 Å². The van der Waals surface area contributed by atoms with Crippen molar-refractivity contribution in [3.8, 4) is 0 Å². The predicted octanol–water partition coefficient (Wildman–Crippen LogP) is 4.85. The lowest BCUT2D eigenvalue weighted by Gasteiger charge is -2.36. The number of piperazine rings is 1. The maximum atomic E-state index is 14.1. The van der Waals surface area contributed by atoms with Crippen molar-refractivity contribution >= 4 is 36.4 Å². The Morgan fingerprint density at radius 2 is 1.52 bits per heavy atom. The lowest BCUT2D eigenvalue weighted by atomic mass is 10.00. The first-order valence-corrected chi connectivity index (χ1v) is 6.97. The highest BCUT2D eigenvalue weighted by Gasteiger charge is 2.47. The van der Waals surface area contributed by atoms with Gasteiger partial charge in [-0.1, -0.05) is 11.6 Å². The van der Waals surface area contributed by atoms with Crippen LogP contribution in [0.15, 0.2) is 12.1 Å². The topological polar surface area (TPSA) is 15.3 Å². The summed E-state index contributed by atoms with van der Waals surface area (Å²) in [6, 6.07) is -2.02. The van der Waals surface area contributed by atoms with Gasteiger partial charge in [0.1, 0.15) is 11.9 Å². The molecule has 146 valence electrons. The molecule has 1 aliphatic rings. The largest absolute Gasteiger partial charge is 0.416 e. The number of benzene rings is 1. The van der Waals surface area contributed by atoms with Gasteiger partial charge in [-0.3, -0.25) is 4.90 Å². The van der Waals surface area contributed by atoms with Crippen LogP contribution in [0.2, 0.25) is 5.02 Å². The van der Waals surface area contributed by atoms with Crippen LogP contribution >= 0.6 is 36.4 Å². The van der Waals surface area contributed by atoms with Crippen LogP contribution in [0.3, 0.4) is 0 Å². The van der Waals surface area contributed by atoms with E-state index in [1.54, 1.807) is 0 Å². The predicted molar refractivity (Wildman–Crippen MR) is 84.1 cm³/mol. The maximum absolute atomic E-state index is 14.1. The number of hydrogen-bond donors (Lipinski definition) is 1. The molecule has 1 aliphatic heterocycles. The molecule has 1 atom stereocenters. The van der Waals surface area contributed by atoms with Crippen molar-refractivity contribution in [2.75, 3.05) is 26.2 Å². The van der Waals surface area contributed by atoms with Crippen LogP contribution in [0.1, 0.15) is 17.2 Å². The second-order valence-electron chi connectivity index (χ2n) is 5.09. The van der Waals surface area contributed by atoms with Crippen molar-refractivity contribution in [1.29, 1.82) is 0 Å². The minimum absolute atomic E-state index is 0. The van der Waals surface area contributed by atoms with Crippen LogP contribution in [-0.2, 0) is 6.18 Å². The van der Waals surface area contributed by atoms with Gasteiger partial charge in [0.25, 0.3) is 0 Å². The van der Waals surface area contributed by atoms with Crippen molar-refractivity contribution < 1.29 is 30.7 Å². The van der Waals surface area contributed by atoms with Gasteiger partial charge in [0, 0.05) is 31.7 Å². The van der Waals surface area contributed by atoms with Gasteiger partial charge in [0.05, 0.1) is 10.6 Å². The van der Waals surface area contributed by atoms with E-state index in [1.165, 1.54) is 0 Å². The highest BCUT2D eigenvalue weighted by molar-refractivity contribution is 6.30. The lowest BCUT2D eigenvalue weighted by molar-refractivity contribution is -0.188. The molecular formula is C13H14Cl3F7N2. The Kier molecular flexibility index (Phi) is 8.77. The number of nitrogens with one attached hydrogen (secondary N) is 1. The van der Waals surface area contributed by atoms with E-state index in [0.717, 1.165) is 4.90 Å². The molecule has 2 nitrogen and oxygen atoms in total. The summed E-state index contributed by atoms with van der Waals surface area (Å²) in [4.78, 5) is 0.894. The number of nitrogens with zero attached hydrogens (tertiary/aromatic N) is 1. The molecule has 1 N–H and O–H groups in total. The SMILES string of the molecule is Cl.Cl.Fc1c(Cl)cc(C(F)(F)F)cc1[C@H](N1CCNCC1)C(F)(F)F. The zero-order valence-electron chi connectivity index (χ0n) is 12.3. The highest BCUT2D eigenvalue weighted by Crippen LogP contribution is 2.42. The first kappa shape index (κ1) is 24.5. The number of alkyl halides is 6. The molecule has 0 aliphatic carbocycles. The third kappa shape index (κ3) is 5.75. The van der Waals surface area contributed by atoms with Crippen LogP contribution in [0, 0.1) is 5.82 Å². The standard InChI is InChI=1S/C13H12ClF7N2.2ClH/c14-9-6-7(12(16,17)18)5-8(10(9)15)11(13(19,20)21)23-3-1-22-2-4-23;;/h5-6,11,22H,1-4H2;2*1H/t11-;;/m0../s1. The molecule has 1 heterocycles. The molecule has 1 saturated heterocycles. The van der Waals surface area contributed by atoms with Gasteiger partial charge in [0.15, 0.2) is 0 Å². The molecule has 25 heavy (non-hydrogen) atoms. The number of halogens is 10.